The standard InChI is InChI=1S/C16H17ISi/c1-16(2)12-8-4-6-10-14(12)18(3,17)15-11-7-5-9-13(15)16/h4-11H,1-3H3. The molecule has 0 aliphatic carbocycles. The van der Waals surface area contributed by atoms with Crippen molar-refractivity contribution in [2.75, 3.05) is 0 Å². The maximum absolute atomic E-state index is 2.73. The van der Waals surface area contributed by atoms with Crippen molar-refractivity contribution in [1.82, 2.24) is 0 Å². The lowest BCUT2D eigenvalue weighted by molar-refractivity contribution is 0.645. The van der Waals surface area contributed by atoms with Gasteiger partial charge in [0.05, 0.1) is 0 Å². The van der Waals surface area contributed by atoms with Crippen LogP contribution in [0.3, 0.4) is 0 Å². The normalized spacial score (nSPS) is 18.9. The molecule has 1 aliphatic rings. The zero-order valence-corrected chi connectivity index (χ0v) is 14.2. The molecule has 0 spiro atoms. The van der Waals surface area contributed by atoms with Crippen LogP contribution in [0.25, 0.3) is 0 Å². The Hall–Kier alpha value is -0.613. The fourth-order valence-corrected chi connectivity index (χ4v) is 8.90. The number of hydrogen-bond acceptors (Lipinski definition) is 0. The monoisotopic (exact) mass is 364 g/mol. The quantitative estimate of drug-likeness (QED) is 0.382. The van der Waals surface area contributed by atoms with Crippen LogP contribution in [0.1, 0.15) is 25.0 Å². The molecule has 92 valence electrons. The van der Waals surface area contributed by atoms with Crippen LogP contribution in [0, 0.1) is 0 Å². The van der Waals surface area contributed by atoms with Gasteiger partial charge in [-0.2, -0.15) is 0 Å². The molecule has 0 saturated heterocycles. The topological polar surface area (TPSA) is 0 Å². The molecule has 1 aliphatic heterocycles. The minimum absolute atomic E-state index is 0.130. The fourth-order valence-electron chi connectivity index (χ4n) is 3.17. The van der Waals surface area contributed by atoms with Crippen LogP contribution in [0.5, 0.6) is 0 Å². The molecule has 0 aromatic heterocycles. The Labute approximate surface area is 123 Å². The summed E-state index contributed by atoms with van der Waals surface area (Å²) in [6, 6.07) is 18.0. The largest absolute Gasteiger partial charge is 0.183 e. The molecule has 0 nitrogen and oxygen atoms in total. The highest BCUT2D eigenvalue weighted by Crippen LogP contribution is 2.36. The molecule has 0 amide bonds. The van der Waals surface area contributed by atoms with E-state index in [1.165, 1.54) is 11.1 Å². The van der Waals surface area contributed by atoms with Crippen molar-refractivity contribution < 1.29 is 0 Å². The summed E-state index contributed by atoms with van der Waals surface area (Å²) in [5.41, 5.74) is 1.62. The van der Waals surface area contributed by atoms with Crippen molar-refractivity contribution in [3.05, 3.63) is 59.7 Å². The fraction of sp³-hybridized carbons (Fsp3) is 0.250. The predicted molar refractivity (Wildman–Crippen MR) is 89.9 cm³/mol. The first-order valence-electron chi connectivity index (χ1n) is 6.34. The highest BCUT2D eigenvalue weighted by molar-refractivity contribution is 14.1. The van der Waals surface area contributed by atoms with Crippen LogP contribution in [0.2, 0.25) is 6.55 Å². The van der Waals surface area contributed by atoms with E-state index in [1.807, 2.05) is 0 Å². The van der Waals surface area contributed by atoms with Gasteiger partial charge in [-0.15, -0.1) is 21.8 Å². The zero-order chi connectivity index (χ0) is 13.0. The van der Waals surface area contributed by atoms with Gasteiger partial charge in [0.25, 0.3) is 0 Å². The summed E-state index contributed by atoms with van der Waals surface area (Å²) in [6.45, 7) is 7.16. The second-order valence-electron chi connectivity index (χ2n) is 5.72. The van der Waals surface area contributed by atoms with Crippen LogP contribution in [-0.4, -0.2) is 5.57 Å². The number of hydrogen-bond donors (Lipinski definition) is 0. The van der Waals surface area contributed by atoms with Crippen molar-refractivity contribution in [2.45, 2.75) is 25.8 Å². The second kappa shape index (κ2) is 3.94. The lowest BCUT2D eigenvalue weighted by Gasteiger charge is -2.41. The third kappa shape index (κ3) is 1.55. The van der Waals surface area contributed by atoms with E-state index >= 15 is 0 Å². The molecule has 0 bridgehead atoms. The minimum atomic E-state index is -1.55. The molecule has 2 aromatic carbocycles. The predicted octanol–water partition coefficient (Wildman–Crippen LogP) is 3.45. The van der Waals surface area contributed by atoms with Gasteiger partial charge in [-0.1, -0.05) is 68.9 Å². The lowest BCUT2D eigenvalue weighted by Crippen LogP contribution is -2.59. The Morgan fingerprint density at radius 3 is 1.67 bits per heavy atom. The number of fused-ring (bicyclic) bond motifs is 2. The van der Waals surface area contributed by atoms with E-state index in [1.54, 1.807) is 10.4 Å². The van der Waals surface area contributed by atoms with E-state index in [0.29, 0.717) is 0 Å². The van der Waals surface area contributed by atoms with Crippen LogP contribution in [0.15, 0.2) is 48.5 Å². The molecule has 18 heavy (non-hydrogen) atoms. The first kappa shape index (κ1) is 12.4. The summed E-state index contributed by atoms with van der Waals surface area (Å²) in [5.74, 6) is 0. The Kier molecular flexibility index (Phi) is 2.72. The van der Waals surface area contributed by atoms with Gasteiger partial charge in [0.2, 0.25) is 0 Å². The maximum atomic E-state index is 2.73. The Bertz CT molecular complexity index is 508. The molecular weight excluding hydrogens is 347 g/mol. The first-order chi connectivity index (χ1) is 8.45. The molecular formula is C16H17ISi. The molecule has 0 saturated carbocycles. The third-order valence-corrected chi connectivity index (χ3v) is 10.6. The van der Waals surface area contributed by atoms with E-state index in [4.69, 9.17) is 0 Å². The highest BCUT2D eigenvalue weighted by atomic mass is 127. The van der Waals surface area contributed by atoms with Crippen molar-refractivity contribution >= 4 is 37.7 Å². The van der Waals surface area contributed by atoms with Gasteiger partial charge in [0.1, 0.15) is 0 Å². The molecule has 0 radical (unpaired) electrons. The molecule has 0 fully saturated rings. The smallest absolute Gasteiger partial charge is 0.107 e. The van der Waals surface area contributed by atoms with Gasteiger partial charge in [0, 0.05) is 5.41 Å². The minimum Gasteiger partial charge on any atom is -0.107 e. The molecule has 0 atom stereocenters. The molecule has 1 heterocycles. The van der Waals surface area contributed by atoms with Crippen molar-refractivity contribution in [2.24, 2.45) is 0 Å². The first-order valence-corrected chi connectivity index (χ1v) is 12.0. The van der Waals surface area contributed by atoms with Crippen molar-refractivity contribution in [1.29, 1.82) is 0 Å². The van der Waals surface area contributed by atoms with Gasteiger partial charge in [-0.3, -0.25) is 0 Å². The highest BCUT2D eigenvalue weighted by Gasteiger charge is 2.43. The van der Waals surface area contributed by atoms with Crippen LogP contribution >= 0.6 is 21.8 Å². The summed E-state index contributed by atoms with van der Waals surface area (Å²) < 4.78 is 0. The molecule has 3 rings (SSSR count). The van der Waals surface area contributed by atoms with Gasteiger partial charge in [-0.05, 0) is 21.5 Å². The van der Waals surface area contributed by atoms with Gasteiger partial charge < -0.3 is 0 Å². The van der Waals surface area contributed by atoms with Crippen molar-refractivity contribution in [3.63, 3.8) is 0 Å². The Morgan fingerprint density at radius 2 is 1.22 bits per heavy atom. The summed E-state index contributed by atoms with van der Waals surface area (Å²) in [7, 11) is 0. The van der Waals surface area contributed by atoms with Gasteiger partial charge >= 0.3 is 0 Å². The Balaban J connectivity index is 2.41. The third-order valence-electron chi connectivity index (χ3n) is 4.21. The van der Waals surface area contributed by atoms with E-state index in [-0.39, 0.29) is 5.41 Å². The van der Waals surface area contributed by atoms with E-state index in [0.717, 1.165) is 0 Å². The number of benzene rings is 2. The number of halogens is 1. The molecule has 2 heteroatoms. The average Bonchev–Trinajstić information content (AvgIpc) is 2.37. The SMILES string of the molecule is CC1(C)c2ccccc2[Si](C)(I)c2ccccc21. The van der Waals surface area contributed by atoms with Crippen LogP contribution < -0.4 is 10.4 Å². The molecule has 0 unspecified atom stereocenters. The molecule has 2 aromatic rings. The van der Waals surface area contributed by atoms with E-state index in [9.17, 15) is 0 Å². The summed E-state index contributed by atoms with van der Waals surface area (Å²) in [6.07, 6.45) is 0. The van der Waals surface area contributed by atoms with Crippen molar-refractivity contribution in [3.8, 4) is 0 Å². The Morgan fingerprint density at radius 1 is 0.833 bits per heavy atom. The second-order valence-corrected chi connectivity index (χ2v) is 15.3. The zero-order valence-electron chi connectivity index (χ0n) is 11.0. The molecule has 0 N–H and O–H groups in total. The average molecular weight is 364 g/mol. The number of rotatable bonds is 0. The van der Waals surface area contributed by atoms with Gasteiger partial charge in [0.15, 0.2) is 5.57 Å². The maximum Gasteiger partial charge on any atom is 0.183 e. The van der Waals surface area contributed by atoms with Crippen LogP contribution in [0.4, 0.5) is 0 Å². The lowest BCUT2D eigenvalue weighted by atomic mass is 9.77. The van der Waals surface area contributed by atoms with E-state index in [2.05, 4.69) is 90.7 Å². The van der Waals surface area contributed by atoms with Gasteiger partial charge in [-0.25, -0.2) is 0 Å². The van der Waals surface area contributed by atoms with E-state index < -0.39 is 5.57 Å². The summed E-state index contributed by atoms with van der Waals surface area (Å²) >= 11 is 2.73. The summed E-state index contributed by atoms with van der Waals surface area (Å²) in [5, 5.41) is 3.18. The van der Waals surface area contributed by atoms with Crippen LogP contribution in [-0.2, 0) is 5.41 Å². The summed E-state index contributed by atoms with van der Waals surface area (Å²) in [4.78, 5) is 0.